The van der Waals surface area contributed by atoms with E-state index in [1.807, 2.05) is 44.2 Å². The molecule has 6 nitrogen and oxygen atoms in total. The second-order valence-electron chi connectivity index (χ2n) is 5.51. The molecule has 3 aromatic rings. The molecule has 0 saturated heterocycles. The van der Waals surface area contributed by atoms with Crippen molar-refractivity contribution in [2.75, 3.05) is 16.8 Å². The molecule has 1 aromatic heterocycles. The van der Waals surface area contributed by atoms with Crippen molar-refractivity contribution in [3.8, 4) is 0 Å². The van der Waals surface area contributed by atoms with Crippen molar-refractivity contribution in [2.45, 2.75) is 13.8 Å². The lowest BCUT2D eigenvalue weighted by molar-refractivity contribution is -0.134. The molecule has 6 heteroatoms. The van der Waals surface area contributed by atoms with Crippen LogP contribution in [0.5, 0.6) is 0 Å². The maximum Gasteiger partial charge on any atom is 0.316 e. The number of aryl methyl sites for hydroxylation is 1. The highest BCUT2D eigenvalue weighted by molar-refractivity contribution is 6.44. The van der Waals surface area contributed by atoms with Crippen LogP contribution in [0.25, 0.3) is 10.9 Å². The molecule has 0 fully saturated rings. The van der Waals surface area contributed by atoms with E-state index in [9.17, 15) is 9.59 Å². The van der Waals surface area contributed by atoms with Crippen molar-refractivity contribution in [2.24, 2.45) is 0 Å². The number of carbonyl (C=O) groups excluding carboxylic acids is 2. The van der Waals surface area contributed by atoms with E-state index >= 15 is 0 Å². The van der Waals surface area contributed by atoms with Gasteiger partial charge in [0.2, 0.25) is 0 Å². The van der Waals surface area contributed by atoms with Gasteiger partial charge >= 0.3 is 11.8 Å². The lowest BCUT2D eigenvalue weighted by Crippen LogP contribution is -2.39. The number of hydrogen-bond donors (Lipinski definition) is 2. The minimum Gasteiger partial charge on any atom is -0.318 e. The molecule has 0 spiro atoms. The molecule has 0 aliphatic rings. The Morgan fingerprint density at radius 3 is 2.79 bits per heavy atom. The number of aromatic amines is 1. The molecular weight excluding hydrogens is 304 g/mol. The smallest absolute Gasteiger partial charge is 0.316 e. The molecule has 1 heterocycles. The standard InChI is InChI=1S/C18H18N4O2/c1-3-22(15-6-4-5-12(2)9-15)18(24)17(23)20-14-8-7-13-11-19-21-16(13)10-14/h4-11H,3H2,1-2H3,(H,19,21)(H,20,23). The molecule has 122 valence electrons. The van der Waals surface area contributed by atoms with E-state index in [0.29, 0.717) is 17.9 Å². The molecule has 0 aliphatic carbocycles. The highest BCUT2D eigenvalue weighted by atomic mass is 16.2. The molecule has 2 amide bonds. The van der Waals surface area contributed by atoms with Crippen LogP contribution in [0.1, 0.15) is 12.5 Å². The molecule has 2 N–H and O–H groups in total. The molecular formula is C18H18N4O2. The van der Waals surface area contributed by atoms with Crippen molar-refractivity contribution in [3.05, 3.63) is 54.2 Å². The fourth-order valence-corrected chi connectivity index (χ4v) is 2.56. The first-order chi connectivity index (χ1) is 11.6. The third-order valence-electron chi connectivity index (χ3n) is 3.77. The Labute approximate surface area is 139 Å². The van der Waals surface area contributed by atoms with Gasteiger partial charge in [-0.1, -0.05) is 12.1 Å². The van der Waals surface area contributed by atoms with Crippen LogP contribution in [0.2, 0.25) is 0 Å². The zero-order valence-corrected chi connectivity index (χ0v) is 13.5. The summed E-state index contributed by atoms with van der Waals surface area (Å²) in [6, 6.07) is 12.8. The van der Waals surface area contributed by atoms with Gasteiger partial charge in [0.25, 0.3) is 0 Å². The number of hydrogen-bond acceptors (Lipinski definition) is 3. The first-order valence-corrected chi connectivity index (χ1v) is 7.71. The molecule has 2 aromatic carbocycles. The van der Waals surface area contributed by atoms with Gasteiger partial charge in [-0.25, -0.2) is 0 Å². The van der Waals surface area contributed by atoms with E-state index < -0.39 is 11.8 Å². The molecule has 3 rings (SSSR count). The third kappa shape index (κ3) is 3.12. The van der Waals surface area contributed by atoms with Gasteiger partial charge in [0, 0.05) is 23.3 Å². The monoisotopic (exact) mass is 322 g/mol. The summed E-state index contributed by atoms with van der Waals surface area (Å²) in [7, 11) is 0. The number of nitrogens with one attached hydrogen (secondary N) is 2. The average molecular weight is 322 g/mol. The Hall–Kier alpha value is -3.15. The Morgan fingerprint density at radius 2 is 2.04 bits per heavy atom. The number of aromatic nitrogens is 2. The molecule has 0 radical (unpaired) electrons. The first kappa shape index (κ1) is 15.7. The minimum absolute atomic E-state index is 0.412. The van der Waals surface area contributed by atoms with Crippen LogP contribution in [0.3, 0.4) is 0 Å². The van der Waals surface area contributed by atoms with E-state index in [1.54, 1.807) is 18.3 Å². The number of benzene rings is 2. The van der Waals surface area contributed by atoms with Gasteiger partial charge in [-0.05, 0) is 49.7 Å². The molecule has 24 heavy (non-hydrogen) atoms. The fourth-order valence-electron chi connectivity index (χ4n) is 2.56. The van der Waals surface area contributed by atoms with Crippen LogP contribution < -0.4 is 10.2 Å². The van der Waals surface area contributed by atoms with Crippen LogP contribution in [-0.4, -0.2) is 28.6 Å². The van der Waals surface area contributed by atoms with E-state index in [-0.39, 0.29) is 0 Å². The Morgan fingerprint density at radius 1 is 1.21 bits per heavy atom. The third-order valence-corrected chi connectivity index (χ3v) is 3.77. The van der Waals surface area contributed by atoms with E-state index in [2.05, 4.69) is 15.5 Å². The van der Waals surface area contributed by atoms with Gasteiger partial charge in [-0.3, -0.25) is 14.7 Å². The van der Waals surface area contributed by atoms with Gasteiger partial charge in [-0.15, -0.1) is 0 Å². The highest BCUT2D eigenvalue weighted by Gasteiger charge is 2.22. The van der Waals surface area contributed by atoms with Crippen molar-refractivity contribution >= 4 is 34.1 Å². The normalized spacial score (nSPS) is 10.6. The second kappa shape index (κ2) is 6.54. The van der Waals surface area contributed by atoms with Gasteiger partial charge in [0.15, 0.2) is 0 Å². The quantitative estimate of drug-likeness (QED) is 0.728. The summed E-state index contributed by atoms with van der Waals surface area (Å²) in [5, 5.41) is 10.3. The molecule has 0 atom stereocenters. The molecule has 0 unspecified atom stereocenters. The minimum atomic E-state index is -0.669. The highest BCUT2D eigenvalue weighted by Crippen LogP contribution is 2.18. The molecule has 0 bridgehead atoms. The van der Waals surface area contributed by atoms with Gasteiger partial charge < -0.3 is 10.2 Å². The average Bonchev–Trinajstić information content (AvgIpc) is 3.03. The maximum atomic E-state index is 12.5. The van der Waals surface area contributed by atoms with Gasteiger partial charge in [0.1, 0.15) is 0 Å². The first-order valence-electron chi connectivity index (χ1n) is 7.71. The number of H-pyrrole nitrogens is 1. The van der Waals surface area contributed by atoms with Crippen LogP contribution in [0.4, 0.5) is 11.4 Å². The predicted molar refractivity (Wildman–Crippen MR) is 93.9 cm³/mol. The number of carbonyl (C=O) groups is 2. The number of anilines is 2. The predicted octanol–water partition coefficient (Wildman–Crippen LogP) is 2.86. The molecule has 0 aliphatic heterocycles. The lowest BCUT2D eigenvalue weighted by atomic mass is 10.2. The Bertz CT molecular complexity index is 901. The van der Waals surface area contributed by atoms with Crippen molar-refractivity contribution in [1.29, 1.82) is 0 Å². The van der Waals surface area contributed by atoms with Crippen LogP contribution >= 0.6 is 0 Å². The number of nitrogens with zero attached hydrogens (tertiary/aromatic N) is 2. The summed E-state index contributed by atoms with van der Waals surface area (Å²) < 4.78 is 0. The zero-order chi connectivity index (χ0) is 17.1. The largest absolute Gasteiger partial charge is 0.318 e. The topological polar surface area (TPSA) is 78.1 Å². The van der Waals surface area contributed by atoms with Gasteiger partial charge in [-0.2, -0.15) is 5.10 Å². The maximum absolute atomic E-state index is 12.5. The van der Waals surface area contributed by atoms with Gasteiger partial charge in [0.05, 0.1) is 11.7 Å². The summed E-state index contributed by atoms with van der Waals surface area (Å²) in [6.07, 6.45) is 1.70. The van der Waals surface area contributed by atoms with Crippen LogP contribution in [0.15, 0.2) is 48.7 Å². The summed E-state index contributed by atoms with van der Waals surface area (Å²) in [6.45, 7) is 4.20. The SMILES string of the molecule is CCN(C(=O)C(=O)Nc1ccc2cn[nH]c2c1)c1cccc(C)c1. The number of likely N-dealkylation sites (N-methyl/N-ethyl adjacent to an activating group) is 1. The van der Waals surface area contributed by atoms with Crippen molar-refractivity contribution < 1.29 is 9.59 Å². The number of rotatable bonds is 3. The molecule has 0 saturated carbocycles. The van der Waals surface area contributed by atoms with Crippen molar-refractivity contribution in [3.63, 3.8) is 0 Å². The van der Waals surface area contributed by atoms with Crippen LogP contribution in [0, 0.1) is 6.92 Å². The Balaban J connectivity index is 1.78. The van der Waals surface area contributed by atoms with E-state index in [1.165, 1.54) is 4.90 Å². The van der Waals surface area contributed by atoms with E-state index in [4.69, 9.17) is 0 Å². The van der Waals surface area contributed by atoms with Crippen LogP contribution in [-0.2, 0) is 9.59 Å². The summed E-state index contributed by atoms with van der Waals surface area (Å²) in [5.41, 5.74) is 3.09. The second-order valence-corrected chi connectivity index (χ2v) is 5.51. The zero-order valence-electron chi connectivity index (χ0n) is 13.5. The number of fused-ring (bicyclic) bond motifs is 1. The summed E-state index contributed by atoms with van der Waals surface area (Å²) in [5.74, 6) is -1.26. The fraction of sp³-hybridized carbons (Fsp3) is 0.167. The Kier molecular flexibility index (Phi) is 4.29. The van der Waals surface area contributed by atoms with Crippen molar-refractivity contribution in [1.82, 2.24) is 10.2 Å². The summed E-state index contributed by atoms with van der Waals surface area (Å²) in [4.78, 5) is 26.3. The lowest BCUT2D eigenvalue weighted by Gasteiger charge is -2.20. The van der Waals surface area contributed by atoms with E-state index in [0.717, 1.165) is 16.5 Å². The summed E-state index contributed by atoms with van der Waals surface area (Å²) >= 11 is 0. The number of amides is 2.